The summed E-state index contributed by atoms with van der Waals surface area (Å²) in [7, 11) is -3.61. The highest BCUT2D eigenvalue weighted by atomic mass is 35.5. The topological polar surface area (TPSA) is 79.4 Å². The first-order valence-electron chi connectivity index (χ1n) is 8.35. The number of pyridine rings is 1. The molecule has 138 valence electrons. The quantitative estimate of drug-likeness (QED) is 0.865. The Labute approximate surface area is 158 Å². The Bertz CT molecular complexity index is 900. The fourth-order valence-corrected chi connectivity index (χ4v) is 4.62. The maximum atomic E-state index is 12.8. The van der Waals surface area contributed by atoms with E-state index >= 15 is 0 Å². The van der Waals surface area contributed by atoms with Crippen molar-refractivity contribution in [3.63, 3.8) is 0 Å². The largest absolute Gasteiger partial charge is 0.310 e. The summed E-state index contributed by atoms with van der Waals surface area (Å²) in [5.41, 5.74) is 0.994. The summed E-state index contributed by atoms with van der Waals surface area (Å²) in [5.74, 6) is -0.311. The molecule has 1 atom stereocenters. The highest BCUT2D eigenvalue weighted by molar-refractivity contribution is 7.89. The van der Waals surface area contributed by atoms with E-state index in [1.807, 2.05) is 6.92 Å². The fourth-order valence-electron chi connectivity index (χ4n) is 2.94. The third kappa shape index (κ3) is 4.23. The zero-order valence-electron chi connectivity index (χ0n) is 14.4. The van der Waals surface area contributed by atoms with E-state index in [4.69, 9.17) is 11.6 Å². The predicted molar refractivity (Wildman–Crippen MR) is 101 cm³/mol. The molecule has 0 unspecified atom stereocenters. The number of halogens is 1. The zero-order valence-corrected chi connectivity index (χ0v) is 15.9. The number of benzene rings is 1. The molecule has 0 aliphatic carbocycles. The van der Waals surface area contributed by atoms with Gasteiger partial charge in [0, 0.05) is 24.3 Å². The Balaban J connectivity index is 1.72. The number of sulfonamides is 1. The van der Waals surface area contributed by atoms with E-state index in [1.54, 1.807) is 36.4 Å². The summed E-state index contributed by atoms with van der Waals surface area (Å²) in [5, 5.41) is 3.19. The second-order valence-corrected chi connectivity index (χ2v) is 8.74. The van der Waals surface area contributed by atoms with E-state index in [-0.39, 0.29) is 17.3 Å². The number of piperidine rings is 1. The molecule has 0 saturated carbocycles. The van der Waals surface area contributed by atoms with Crippen molar-refractivity contribution in [1.82, 2.24) is 9.29 Å². The Morgan fingerprint density at radius 2 is 2.00 bits per heavy atom. The first-order chi connectivity index (χ1) is 12.4. The van der Waals surface area contributed by atoms with E-state index in [0.717, 1.165) is 5.56 Å². The highest BCUT2D eigenvalue weighted by Crippen LogP contribution is 2.25. The van der Waals surface area contributed by atoms with Gasteiger partial charge in [0.05, 0.1) is 10.8 Å². The van der Waals surface area contributed by atoms with Crippen LogP contribution in [0.5, 0.6) is 0 Å². The number of nitrogens with zero attached hydrogens (tertiary/aromatic N) is 2. The third-order valence-electron chi connectivity index (χ3n) is 4.39. The standard InChI is InChI=1S/C18H20ClN3O3S/c1-13-4-6-16(7-5-13)26(24,25)22-10-2-3-14(12-22)18(23)21-17-11-15(19)8-9-20-17/h4-9,11,14H,2-3,10,12H2,1H3,(H,20,21,23)/t14-/m0/s1. The van der Waals surface area contributed by atoms with Crippen LogP contribution in [0.25, 0.3) is 0 Å². The van der Waals surface area contributed by atoms with E-state index in [9.17, 15) is 13.2 Å². The summed E-state index contributed by atoms with van der Waals surface area (Å²) in [6.07, 6.45) is 2.77. The van der Waals surface area contributed by atoms with Crippen molar-refractivity contribution in [2.75, 3.05) is 18.4 Å². The number of aryl methyl sites for hydroxylation is 1. The number of hydrogen-bond donors (Lipinski definition) is 1. The fraction of sp³-hybridized carbons (Fsp3) is 0.333. The van der Waals surface area contributed by atoms with E-state index in [1.165, 1.54) is 10.5 Å². The van der Waals surface area contributed by atoms with Crippen LogP contribution in [0.15, 0.2) is 47.5 Å². The average molecular weight is 394 g/mol. The first kappa shape index (κ1) is 18.8. The zero-order chi connectivity index (χ0) is 18.7. The Hall–Kier alpha value is -1.96. The molecule has 26 heavy (non-hydrogen) atoms. The van der Waals surface area contributed by atoms with Crippen LogP contribution >= 0.6 is 11.6 Å². The lowest BCUT2D eigenvalue weighted by Gasteiger charge is -2.31. The maximum Gasteiger partial charge on any atom is 0.243 e. The summed E-state index contributed by atoms with van der Waals surface area (Å²) < 4.78 is 27.1. The molecule has 1 saturated heterocycles. The van der Waals surface area contributed by atoms with Crippen molar-refractivity contribution >= 4 is 33.3 Å². The van der Waals surface area contributed by atoms with Crippen LogP contribution in [0.3, 0.4) is 0 Å². The molecule has 2 aromatic rings. The van der Waals surface area contributed by atoms with Crippen molar-refractivity contribution in [3.05, 3.63) is 53.2 Å². The maximum absolute atomic E-state index is 12.8. The summed E-state index contributed by atoms with van der Waals surface area (Å²) in [6, 6.07) is 9.92. The minimum atomic E-state index is -3.61. The van der Waals surface area contributed by atoms with Crippen LogP contribution in [-0.4, -0.2) is 36.7 Å². The summed E-state index contributed by atoms with van der Waals surface area (Å²) in [4.78, 5) is 16.8. The lowest BCUT2D eigenvalue weighted by Crippen LogP contribution is -2.43. The summed E-state index contributed by atoms with van der Waals surface area (Å²) in [6.45, 7) is 2.47. The van der Waals surface area contributed by atoms with Crippen molar-refractivity contribution < 1.29 is 13.2 Å². The molecule has 1 N–H and O–H groups in total. The molecule has 2 heterocycles. The van der Waals surface area contributed by atoms with Crippen LogP contribution in [0.4, 0.5) is 5.82 Å². The Kier molecular flexibility index (Phi) is 5.60. The van der Waals surface area contributed by atoms with Gasteiger partial charge in [0.15, 0.2) is 0 Å². The molecule has 3 rings (SSSR count). The summed E-state index contributed by atoms with van der Waals surface area (Å²) >= 11 is 5.90. The number of aromatic nitrogens is 1. The van der Waals surface area contributed by atoms with Gasteiger partial charge in [0.25, 0.3) is 0 Å². The smallest absolute Gasteiger partial charge is 0.243 e. The van der Waals surface area contributed by atoms with Gasteiger partial charge in [0.1, 0.15) is 5.82 Å². The lowest BCUT2D eigenvalue weighted by atomic mass is 9.99. The van der Waals surface area contributed by atoms with Crippen molar-refractivity contribution in [3.8, 4) is 0 Å². The second-order valence-electron chi connectivity index (χ2n) is 6.36. The molecule has 0 radical (unpaired) electrons. The number of amides is 1. The Morgan fingerprint density at radius 1 is 1.27 bits per heavy atom. The molecule has 1 aromatic heterocycles. The molecular formula is C18H20ClN3O3S. The van der Waals surface area contributed by atoms with Gasteiger partial charge >= 0.3 is 0 Å². The van der Waals surface area contributed by atoms with Crippen LogP contribution in [0.2, 0.25) is 5.02 Å². The molecule has 6 nitrogen and oxygen atoms in total. The van der Waals surface area contributed by atoms with Crippen LogP contribution in [0.1, 0.15) is 18.4 Å². The van der Waals surface area contributed by atoms with Crippen LogP contribution in [0, 0.1) is 12.8 Å². The molecule has 1 aliphatic rings. The highest BCUT2D eigenvalue weighted by Gasteiger charge is 2.33. The van der Waals surface area contributed by atoms with Gasteiger partial charge in [-0.3, -0.25) is 4.79 Å². The van der Waals surface area contributed by atoms with Gasteiger partial charge in [-0.1, -0.05) is 29.3 Å². The van der Waals surface area contributed by atoms with Gasteiger partial charge in [-0.2, -0.15) is 4.31 Å². The molecular weight excluding hydrogens is 374 g/mol. The Morgan fingerprint density at radius 3 is 2.69 bits per heavy atom. The lowest BCUT2D eigenvalue weighted by molar-refractivity contribution is -0.120. The molecule has 1 fully saturated rings. The number of nitrogens with one attached hydrogen (secondary N) is 1. The molecule has 0 bridgehead atoms. The number of carbonyl (C=O) groups is 1. The number of anilines is 1. The minimum Gasteiger partial charge on any atom is -0.310 e. The van der Waals surface area contributed by atoms with Crippen LogP contribution in [-0.2, 0) is 14.8 Å². The van der Waals surface area contributed by atoms with Gasteiger partial charge in [-0.15, -0.1) is 0 Å². The molecule has 1 amide bonds. The second kappa shape index (κ2) is 7.73. The van der Waals surface area contributed by atoms with E-state index in [2.05, 4.69) is 10.3 Å². The van der Waals surface area contributed by atoms with Crippen molar-refractivity contribution in [1.29, 1.82) is 0 Å². The third-order valence-corrected chi connectivity index (χ3v) is 6.50. The monoisotopic (exact) mass is 393 g/mol. The van der Waals surface area contributed by atoms with E-state index in [0.29, 0.717) is 30.2 Å². The minimum absolute atomic E-state index is 0.155. The first-order valence-corrected chi connectivity index (χ1v) is 10.2. The van der Waals surface area contributed by atoms with Gasteiger partial charge < -0.3 is 5.32 Å². The number of carbonyl (C=O) groups excluding carboxylic acids is 1. The normalized spacial score (nSPS) is 18.5. The SMILES string of the molecule is Cc1ccc(S(=O)(=O)N2CCC[C@H](C(=O)Nc3cc(Cl)ccn3)C2)cc1. The molecule has 1 aromatic carbocycles. The van der Waals surface area contributed by atoms with Crippen molar-refractivity contribution in [2.24, 2.45) is 5.92 Å². The van der Waals surface area contributed by atoms with Crippen LogP contribution < -0.4 is 5.32 Å². The van der Waals surface area contributed by atoms with Gasteiger partial charge in [-0.05, 0) is 44.0 Å². The number of hydrogen-bond acceptors (Lipinski definition) is 4. The molecule has 8 heteroatoms. The van der Waals surface area contributed by atoms with Gasteiger partial charge in [0.2, 0.25) is 15.9 Å². The number of rotatable bonds is 4. The molecule has 1 aliphatic heterocycles. The average Bonchev–Trinajstić information content (AvgIpc) is 2.62. The van der Waals surface area contributed by atoms with E-state index < -0.39 is 15.9 Å². The molecule has 0 spiro atoms. The van der Waals surface area contributed by atoms with Crippen molar-refractivity contribution in [2.45, 2.75) is 24.7 Å². The predicted octanol–water partition coefficient (Wildman–Crippen LogP) is 3.08. The van der Waals surface area contributed by atoms with Gasteiger partial charge in [-0.25, -0.2) is 13.4 Å².